The zero-order valence-corrected chi connectivity index (χ0v) is 12.0. The van der Waals surface area contributed by atoms with Crippen molar-refractivity contribution in [1.82, 2.24) is 0 Å². The minimum absolute atomic E-state index is 0.293. The molecule has 0 unspecified atom stereocenters. The van der Waals surface area contributed by atoms with Gasteiger partial charge in [-0.2, -0.15) is 5.10 Å². The van der Waals surface area contributed by atoms with Gasteiger partial charge < -0.3 is 4.74 Å². The van der Waals surface area contributed by atoms with Gasteiger partial charge in [-0.1, -0.05) is 19.1 Å². The number of benzene rings is 1. The van der Waals surface area contributed by atoms with Gasteiger partial charge >= 0.3 is 5.97 Å². The Hall–Kier alpha value is -2.10. The third-order valence-electron chi connectivity index (χ3n) is 3.09. The van der Waals surface area contributed by atoms with Gasteiger partial charge in [0.05, 0.1) is 11.3 Å². The third-order valence-corrected chi connectivity index (χ3v) is 3.09. The van der Waals surface area contributed by atoms with Gasteiger partial charge in [0.15, 0.2) is 0 Å². The van der Waals surface area contributed by atoms with Gasteiger partial charge in [0.2, 0.25) is 0 Å². The number of esters is 1. The van der Waals surface area contributed by atoms with Crippen LogP contribution in [0.3, 0.4) is 0 Å². The van der Waals surface area contributed by atoms with E-state index < -0.39 is 0 Å². The number of ether oxygens (including phenoxy) is 1. The number of hydrogen-bond acceptors (Lipinski definition) is 4. The topological polar surface area (TPSA) is 41.9 Å². The molecule has 0 N–H and O–H groups in total. The van der Waals surface area contributed by atoms with E-state index in [1.807, 2.05) is 43.1 Å². The molecular formula is C16H20N2O2. The lowest BCUT2D eigenvalue weighted by atomic mass is 10.2. The summed E-state index contributed by atoms with van der Waals surface area (Å²) in [6, 6.07) is 7.37. The molecule has 0 saturated carbocycles. The molecule has 1 aromatic rings. The summed E-state index contributed by atoms with van der Waals surface area (Å²) < 4.78 is 5.15. The normalized spacial score (nSPS) is 14.7. The predicted octanol–water partition coefficient (Wildman–Crippen LogP) is 3.40. The summed E-state index contributed by atoms with van der Waals surface area (Å²) in [5, 5.41) is 6.38. The van der Waals surface area contributed by atoms with E-state index >= 15 is 0 Å². The fourth-order valence-electron chi connectivity index (χ4n) is 1.97. The van der Waals surface area contributed by atoms with Crippen LogP contribution in [0.15, 0.2) is 41.5 Å². The molecule has 106 valence electrons. The Labute approximate surface area is 119 Å². The van der Waals surface area contributed by atoms with Gasteiger partial charge in [0.1, 0.15) is 6.61 Å². The Morgan fingerprint density at radius 3 is 2.70 bits per heavy atom. The van der Waals surface area contributed by atoms with Crippen molar-refractivity contribution in [3.05, 3.63) is 42.0 Å². The Balaban J connectivity index is 1.94. The van der Waals surface area contributed by atoms with Crippen molar-refractivity contribution in [2.75, 3.05) is 18.2 Å². The van der Waals surface area contributed by atoms with Crippen LogP contribution in [-0.4, -0.2) is 24.8 Å². The Morgan fingerprint density at radius 1 is 1.35 bits per heavy atom. The number of hydrazone groups is 1. The monoisotopic (exact) mass is 272 g/mol. The Morgan fingerprint density at radius 2 is 2.10 bits per heavy atom. The molecule has 2 rings (SSSR count). The first-order chi connectivity index (χ1) is 9.70. The third kappa shape index (κ3) is 3.70. The van der Waals surface area contributed by atoms with Gasteiger partial charge in [-0.25, -0.2) is 4.79 Å². The molecule has 1 aromatic carbocycles. The van der Waals surface area contributed by atoms with Crippen molar-refractivity contribution in [3.63, 3.8) is 0 Å². The summed E-state index contributed by atoms with van der Waals surface area (Å²) in [6.07, 6.45) is 5.77. The number of rotatable bonds is 5. The second-order valence-corrected chi connectivity index (χ2v) is 4.73. The van der Waals surface area contributed by atoms with Crippen molar-refractivity contribution < 1.29 is 9.53 Å². The van der Waals surface area contributed by atoms with Gasteiger partial charge in [0.25, 0.3) is 0 Å². The number of carbonyl (C=O) groups is 1. The molecule has 1 heterocycles. The molecule has 0 aliphatic carbocycles. The number of allylic oxidation sites excluding steroid dienone is 1. The molecule has 0 amide bonds. The first-order valence-corrected chi connectivity index (χ1v) is 6.94. The second kappa shape index (κ2) is 6.89. The van der Waals surface area contributed by atoms with E-state index in [9.17, 15) is 4.79 Å². The fourth-order valence-corrected chi connectivity index (χ4v) is 1.97. The highest BCUT2D eigenvalue weighted by molar-refractivity contribution is 5.90. The van der Waals surface area contributed by atoms with Crippen LogP contribution in [0.4, 0.5) is 5.69 Å². The summed E-state index contributed by atoms with van der Waals surface area (Å²) >= 11 is 0. The van der Waals surface area contributed by atoms with Gasteiger partial charge in [-0.15, -0.1) is 0 Å². The minimum atomic E-state index is -0.293. The summed E-state index contributed by atoms with van der Waals surface area (Å²) in [5.74, 6) is -0.293. The molecule has 0 spiro atoms. The van der Waals surface area contributed by atoms with Crippen LogP contribution in [0, 0.1) is 0 Å². The number of hydrogen-bond donors (Lipinski definition) is 0. The lowest BCUT2D eigenvalue weighted by Crippen LogP contribution is -2.12. The van der Waals surface area contributed by atoms with E-state index in [0.717, 1.165) is 30.8 Å². The van der Waals surface area contributed by atoms with Crippen molar-refractivity contribution in [3.8, 4) is 0 Å². The second-order valence-electron chi connectivity index (χ2n) is 4.73. The van der Waals surface area contributed by atoms with Crippen LogP contribution in [0.5, 0.6) is 0 Å². The fraction of sp³-hybridized carbons (Fsp3) is 0.375. The molecule has 0 fully saturated rings. The molecule has 1 aliphatic rings. The SMILES string of the molecule is CC/C=C/COC(=O)c1ccc(N2CCC(C)=N2)cc1. The molecule has 0 bridgehead atoms. The quantitative estimate of drug-likeness (QED) is 0.609. The van der Waals surface area contributed by atoms with Crippen LogP contribution in [-0.2, 0) is 4.74 Å². The predicted molar refractivity (Wildman–Crippen MR) is 81.2 cm³/mol. The molecule has 0 aromatic heterocycles. The van der Waals surface area contributed by atoms with E-state index in [2.05, 4.69) is 5.10 Å². The Bertz CT molecular complexity index is 518. The standard InChI is InChI=1S/C16H20N2O2/c1-3-4-5-12-20-16(19)14-6-8-15(9-7-14)18-11-10-13(2)17-18/h4-9H,3,10-12H2,1-2H3/b5-4+. The number of anilines is 1. The lowest BCUT2D eigenvalue weighted by Gasteiger charge is -2.13. The maximum atomic E-state index is 11.8. The zero-order valence-electron chi connectivity index (χ0n) is 12.0. The first-order valence-electron chi connectivity index (χ1n) is 6.94. The minimum Gasteiger partial charge on any atom is -0.458 e. The van der Waals surface area contributed by atoms with Crippen LogP contribution in [0.2, 0.25) is 0 Å². The highest BCUT2D eigenvalue weighted by atomic mass is 16.5. The molecule has 1 aliphatic heterocycles. The summed E-state index contributed by atoms with van der Waals surface area (Å²) in [7, 11) is 0. The maximum Gasteiger partial charge on any atom is 0.338 e. The van der Waals surface area contributed by atoms with Crippen molar-refractivity contribution >= 4 is 17.4 Å². The van der Waals surface area contributed by atoms with Gasteiger partial charge in [0, 0.05) is 18.7 Å². The van der Waals surface area contributed by atoms with Crippen LogP contribution < -0.4 is 5.01 Å². The number of carbonyl (C=O) groups excluding carboxylic acids is 1. The summed E-state index contributed by atoms with van der Waals surface area (Å²) in [4.78, 5) is 11.8. The van der Waals surface area contributed by atoms with Crippen molar-refractivity contribution in [2.24, 2.45) is 5.10 Å². The van der Waals surface area contributed by atoms with E-state index in [4.69, 9.17) is 4.74 Å². The molecule has 0 saturated heterocycles. The highest BCUT2D eigenvalue weighted by Gasteiger charge is 2.13. The molecule has 0 radical (unpaired) electrons. The lowest BCUT2D eigenvalue weighted by molar-refractivity contribution is 0.0549. The van der Waals surface area contributed by atoms with E-state index in [1.165, 1.54) is 0 Å². The first kappa shape index (κ1) is 14.3. The average molecular weight is 272 g/mol. The van der Waals surface area contributed by atoms with E-state index in [1.54, 1.807) is 12.1 Å². The van der Waals surface area contributed by atoms with Crippen LogP contribution >= 0.6 is 0 Å². The van der Waals surface area contributed by atoms with Gasteiger partial charge in [-0.3, -0.25) is 5.01 Å². The molecule has 0 atom stereocenters. The molecular weight excluding hydrogens is 252 g/mol. The highest BCUT2D eigenvalue weighted by Crippen LogP contribution is 2.20. The van der Waals surface area contributed by atoms with E-state index in [0.29, 0.717) is 12.2 Å². The largest absolute Gasteiger partial charge is 0.458 e. The molecule has 20 heavy (non-hydrogen) atoms. The summed E-state index contributed by atoms with van der Waals surface area (Å²) in [6.45, 7) is 5.29. The van der Waals surface area contributed by atoms with E-state index in [-0.39, 0.29) is 5.97 Å². The van der Waals surface area contributed by atoms with Crippen molar-refractivity contribution in [1.29, 1.82) is 0 Å². The van der Waals surface area contributed by atoms with Crippen LogP contribution in [0.1, 0.15) is 37.0 Å². The smallest absolute Gasteiger partial charge is 0.338 e. The zero-order chi connectivity index (χ0) is 14.4. The average Bonchev–Trinajstić information content (AvgIpc) is 2.90. The van der Waals surface area contributed by atoms with Crippen molar-refractivity contribution in [2.45, 2.75) is 26.7 Å². The van der Waals surface area contributed by atoms with Crippen LogP contribution in [0.25, 0.3) is 0 Å². The summed E-state index contributed by atoms with van der Waals surface area (Å²) in [5.41, 5.74) is 2.71. The molecule has 4 heteroatoms. The number of nitrogens with zero attached hydrogens (tertiary/aromatic N) is 2. The molecule has 4 nitrogen and oxygen atoms in total. The Kier molecular flexibility index (Phi) is 4.93. The van der Waals surface area contributed by atoms with Gasteiger partial charge in [-0.05, 0) is 37.6 Å². The maximum absolute atomic E-state index is 11.8.